The summed E-state index contributed by atoms with van der Waals surface area (Å²) in [5.41, 5.74) is 0.601. The van der Waals surface area contributed by atoms with E-state index in [1.807, 2.05) is 6.07 Å². The predicted molar refractivity (Wildman–Crippen MR) is 88.7 cm³/mol. The lowest BCUT2D eigenvalue weighted by Crippen LogP contribution is -2.31. The van der Waals surface area contributed by atoms with Crippen LogP contribution in [0.4, 0.5) is 5.82 Å². The molecule has 116 valence electrons. The summed E-state index contributed by atoms with van der Waals surface area (Å²) in [6.45, 7) is 5.79. The van der Waals surface area contributed by atoms with E-state index in [1.54, 1.807) is 6.20 Å². The Morgan fingerprint density at radius 1 is 1.57 bits per heavy atom. The second-order valence-electron chi connectivity index (χ2n) is 5.60. The Morgan fingerprint density at radius 2 is 2.38 bits per heavy atom. The number of nitrogens with zero attached hydrogens (tertiary/aromatic N) is 2. The molecule has 1 fully saturated rings. The molecule has 1 aromatic rings. The number of hydrogen-bond acceptors (Lipinski definition) is 4. The fourth-order valence-electron chi connectivity index (χ4n) is 2.52. The molecule has 1 amide bonds. The Bertz CT molecular complexity index is 495. The van der Waals surface area contributed by atoms with Gasteiger partial charge in [0.2, 0.25) is 0 Å². The van der Waals surface area contributed by atoms with Gasteiger partial charge in [0.05, 0.1) is 5.56 Å². The van der Waals surface area contributed by atoms with E-state index in [2.05, 4.69) is 50.4 Å². The van der Waals surface area contributed by atoms with Gasteiger partial charge < -0.3 is 15.5 Å². The summed E-state index contributed by atoms with van der Waals surface area (Å²) in [4.78, 5) is 19.0. The third-order valence-electron chi connectivity index (χ3n) is 3.68. The average molecular weight is 355 g/mol. The summed E-state index contributed by atoms with van der Waals surface area (Å²) in [5.74, 6) is 1.14. The Balaban J connectivity index is 1.98. The van der Waals surface area contributed by atoms with Crippen LogP contribution in [0.15, 0.2) is 16.7 Å². The molecule has 6 heteroatoms. The van der Waals surface area contributed by atoms with E-state index in [4.69, 9.17) is 0 Å². The van der Waals surface area contributed by atoms with Crippen molar-refractivity contribution in [1.29, 1.82) is 0 Å². The molecule has 5 nitrogen and oxygen atoms in total. The van der Waals surface area contributed by atoms with Crippen LogP contribution < -0.4 is 10.6 Å². The number of likely N-dealkylation sites (tertiary alicyclic amines) is 1. The number of pyridine rings is 1. The van der Waals surface area contributed by atoms with Crippen molar-refractivity contribution >= 4 is 27.7 Å². The van der Waals surface area contributed by atoms with E-state index in [0.29, 0.717) is 17.3 Å². The number of hydrogen-bond donors (Lipinski definition) is 2. The summed E-state index contributed by atoms with van der Waals surface area (Å²) in [6.07, 6.45) is 3.85. The molecule has 1 aliphatic rings. The predicted octanol–water partition coefficient (Wildman–Crippen LogP) is 2.35. The molecule has 2 N–H and O–H groups in total. The molecule has 1 aliphatic heterocycles. The summed E-state index contributed by atoms with van der Waals surface area (Å²) in [5, 5.41) is 6.24. The molecule has 1 saturated heterocycles. The van der Waals surface area contributed by atoms with Crippen LogP contribution in [0.5, 0.6) is 0 Å². The Hall–Kier alpha value is -1.14. The minimum atomic E-state index is -0.0584. The lowest BCUT2D eigenvalue weighted by atomic mass is 10.1. The standard InChI is InChI=1S/C15H23BrN4O/c1-3-5-17-14-13(7-12(16)9-18-14)15(21)19-8-11-4-6-20(2)10-11/h7,9,11H,3-6,8,10H2,1-2H3,(H,17,18)(H,19,21). The van der Waals surface area contributed by atoms with Crippen molar-refractivity contribution in [2.24, 2.45) is 5.92 Å². The van der Waals surface area contributed by atoms with Crippen LogP contribution in [0, 0.1) is 5.92 Å². The van der Waals surface area contributed by atoms with Crippen molar-refractivity contribution < 1.29 is 4.79 Å². The highest BCUT2D eigenvalue weighted by molar-refractivity contribution is 9.10. The zero-order valence-electron chi connectivity index (χ0n) is 12.7. The van der Waals surface area contributed by atoms with Crippen molar-refractivity contribution in [3.05, 3.63) is 22.3 Å². The molecular formula is C15H23BrN4O. The maximum Gasteiger partial charge on any atom is 0.255 e. The van der Waals surface area contributed by atoms with Gasteiger partial charge in [-0.3, -0.25) is 4.79 Å². The van der Waals surface area contributed by atoms with Gasteiger partial charge in [0.1, 0.15) is 5.82 Å². The van der Waals surface area contributed by atoms with Gasteiger partial charge in [0.15, 0.2) is 0 Å². The molecule has 2 heterocycles. The van der Waals surface area contributed by atoms with Crippen molar-refractivity contribution in [1.82, 2.24) is 15.2 Å². The molecule has 0 saturated carbocycles. The maximum absolute atomic E-state index is 12.4. The normalized spacial score (nSPS) is 18.7. The summed E-state index contributed by atoms with van der Waals surface area (Å²) in [7, 11) is 2.12. The molecular weight excluding hydrogens is 332 g/mol. The quantitative estimate of drug-likeness (QED) is 0.823. The van der Waals surface area contributed by atoms with Crippen LogP contribution in [0.2, 0.25) is 0 Å². The maximum atomic E-state index is 12.4. The fourth-order valence-corrected chi connectivity index (χ4v) is 2.85. The number of aromatic nitrogens is 1. The summed E-state index contributed by atoms with van der Waals surface area (Å²) >= 11 is 3.38. The molecule has 1 atom stereocenters. The summed E-state index contributed by atoms with van der Waals surface area (Å²) in [6, 6.07) is 1.82. The molecule has 21 heavy (non-hydrogen) atoms. The largest absolute Gasteiger partial charge is 0.369 e. The Labute approximate surface area is 134 Å². The second kappa shape index (κ2) is 7.75. The van der Waals surface area contributed by atoms with E-state index in [0.717, 1.165) is 43.5 Å². The molecule has 1 aromatic heterocycles. The molecule has 0 aliphatic carbocycles. The topological polar surface area (TPSA) is 57.3 Å². The third-order valence-corrected chi connectivity index (χ3v) is 4.12. The Morgan fingerprint density at radius 3 is 3.05 bits per heavy atom. The van der Waals surface area contributed by atoms with Crippen LogP contribution in [0.25, 0.3) is 0 Å². The summed E-state index contributed by atoms with van der Waals surface area (Å²) < 4.78 is 0.815. The van der Waals surface area contributed by atoms with Crippen LogP contribution in [0.3, 0.4) is 0 Å². The monoisotopic (exact) mass is 354 g/mol. The molecule has 0 spiro atoms. The third kappa shape index (κ3) is 4.68. The lowest BCUT2D eigenvalue weighted by molar-refractivity contribution is 0.0948. The zero-order valence-corrected chi connectivity index (χ0v) is 14.2. The van der Waals surface area contributed by atoms with Gasteiger partial charge in [-0.1, -0.05) is 6.92 Å². The van der Waals surface area contributed by atoms with Crippen molar-refractivity contribution in [3.8, 4) is 0 Å². The average Bonchev–Trinajstić information content (AvgIpc) is 2.89. The van der Waals surface area contributed by atoms with E-state index in [1.165, 1.54) is 0 Å². The van der Waals surface area contributed by atoms with Gasteiger partial charge in [0.25, 0.3) is 5.91 Å². The SMILES string of the molecule is CCCNc1ncc(Br)cc1C(=O)NCC1CCN(C)C1. The van der Waals surface area contributed by atoms with Crippen molar-refractivity contribution in [2.75, 3.05) is 38.5 Å². The van der Waals surface area contributed by atoms with Gasteiger partial charge >= 0.3 is 0 Å². The van der Waals surface area contributed by atoms with Gasteiger partial charge in [-0.25, -0.2) is 4.98 Å². The molecule has 1 unspecified atom stereocenters. The Kier molecular flexibility index (Phi) is 5.99. The van der Waals surface area contributed by atoms with Crippen LogP contribution >= 0.6 is 15.9 Å². The highest BCUT2D eigenvalue weighted by Gasteiger charge is 2.21. The van der Waals surface area contributed by atoms with Gasteiger partial charge in [0, 0.05) is 30.3 Å². The lowest BCUT2D eigenvalue weighted by Gasteiger charge is -2.14. The first kappa shape index (κ1) is 16.2. The first-order valence-corrected chi connectivity index (χ1v) is 8.25. The molecule has 0 radical (unpaired) electrons. The van der Waals surface area contributed by atoms with Gasteiger partial charge in [-0.15, -0.1) is 0 Å². The fraction of sp³-hybridized carbons (Fsp3) is 0.600. The van der Waals surface area contributed by atoms with Crippen molar-refractivity contribution in [2.45, 2.75) is 19.8 Å². The number of nitrogens with one attached hydrogen (secondary N) is 2. The second-order valence-corrected chi connectivity index (χ2v) is 6.52. The number of amides is 1. The smallest absolute Gasteiger partial charge is 0.255 e. The zero-order chi connectivity index (χ0) is 15.2. The number of rotatable bonds is 6. The highest BCUT2D eigenvalue weighted by atomic mass is 79.9. The minimum absolute atomic E-state index is 0.0584. The number of carbonyl (C=O) groups is 1. The first-order valence-electron chi connectivity index (χ1n) is 7.46. The van der Waals surface area contributed by atoms with Crippen LogP contribution in [-0.4, -0.2) is 49.0 Å². The van der Waals surface area contributed by atoms with Crippen LogP contribution in [-0.2, 0) is 0 Å². The van der Waals surface area contributed by atoms with E-state index in [9.17, 15) is 4.79 Å². The van der Waals surface area contributed by atoms with Gasteiger partial charge in [-0.2, -0.15) is 0 Å². The van der Waals surface area contributed by atoms with Crippen LogP contribution in [0.1, 0.15) is 30.1 Å². The van der Waals surface area contributed by atoms with E-state index >= 15 is 0 Å². The minimum Gasteiger partial charge on any atom is -0.369 e. The van der Waals surface area contributed by atoms with Crippen molar-refractivity contribution in [3.63, 3.8) is 0 Å². The van der Waals surface area contributed by atoms with E-state index < -0.39 is 0 Å². The number of anilines is 1. The molecule has 2 rings (SSSR count). The molecule has 0 bridgehead atoms. The van der Waals surface area contributed by atoms with Gasteiger partial charge in [-0.05, 0) is 54.3 Å². The highest BCUT2D eigenvalue weighted by Crippen LogP contribution is 2.19. The number of halogens is 1. The number of carbonyl (C=O) groups excluding carboxylic acids is 1. The molecule has 0 aromatic carbocycles. The van der Waals surface area contributed by atoms with E-state index in [-0.39, 0.29) is 5.91 Å². The first-order chi connectivity index (χ1) is 10.1.